The van der Waals surface area contributed by atoms with E-state index in [1.165, 1.54) is 12.1 Å². The number of nitrogens with one attached hydrogen (secondary N) is 2. The van der Waals surface area contributed by atoms with Crippen LogP contribution in [0.15, 0.2) is 78.9 Å². The minimum absolute atomic E-state index is 0.192. The molecule has 0 saturated carbocycles. The third-order valence-corrected chi connectivity index (χ3v) is 5.64. The largest absolute Gasteiger partial charge is 0.416 e. The maximum Gasteiger partial charge on any atom is 0.416 e. The van der Waals surface area contributed by atoms with Gasteiger partial charge in [-0.3, -0.25) is 10.1 Å². The van der Waals surface area contributed by atoms with Crippen LogP contribution in [0.1, 0.15) is 40.8 Å². The summed E-state index contributed by atoms with van der Waals surface area (Å²) in [5.74, 6) is -0.192. The Morgan fingerprint density at radius 2 is 1.56 bits per heavy atom. The van der Waals surface area contributed by atoms with Crippen molar-refractivity contribution < 1.29 is 18.0 Å². The molecule has 0 fully saturated rings. The zero-order valence-electron chi connectivity index (χ0n) is 17.5. The fourth-order valence-corrected chi connectivity index (χ4v) is 3.84. The lowest BCUT2D eigenvalue weighted by atomic mass is 9.96. The number of benzene rings is 3. The van der Waals surface area contributed by atoms with E-state index >= 15 is 0 Å². The zero-order valence-corrected chi connectivity index (χ0v) is 18.3. The lowest BCUT2D eigenvalue weighted by Gasteiger charge is -2.26. The van der Waals surface area contributed by atoms with Gasteiger partial charge >= 0.3 is 6.18 Å². The second-order valence-electron chi connectivity index (χ2n) is 7.43. The molecule has 7 heteroatoms. The molecule has 0 saturated heterocycles. The number of amides is 1. The summed E-state index contributed by atoms with van der Waals surface area (Å²) in [5, 5.41) is 6.65. The number of halogens is 4. The van der Waals surface area contributed by atoms with Gasteiger partial charge in [-0.25, -0.2) is 0 Å². The molecule has 0 aliphatic rings. The van der Waals surface area contributed by atoms with Crippen LogP contribution in [0.4, 0.5) is 13.2 Å². The summed E-state index contributed by atoms with van der Waals surface area (Å²) in [6, 6.07) is 20.9. The maximum absolute atomic E-state index is 12.9. The molecular weight excluding hydrogens is 437 g/mol. The lowest BCUT2D eigenvalue weighted by molar-refractivity contribution is -0.137. The van der Waals surface area contributed by atoms with E-state index in [4.69, 9.17) is 11.6 Å². The minimum Gasteiger partial charge on any atom is -0.358 e. The first-order chi connectivity index (χ1) is 15.3. The van der Waals surface area contributed by atoms with Crippen LogP contribution < -0.4 is 10.6 Å². The molecule has 3 rings (SSSR count). The van der Waals surface area contributed by atoms with Crippen molar-refractivity contribution in [2.75, 3.05) is 7.05 Å². The van der Waals surface area contributed by atoms with Gasteiger partial charge in [-0.05, 0) is 47.7 Å². The molecule has 1 amide bonds. The Morgan fingerprint density at radius 1 is 0.938 bits per heavy atom. The summed E-state index contributed by atoms with van der Waals surface area (Å²) in [6.45, 7) is 0. The molecule has 0 bridgehead atoms. The van der Waals surface area contributed by atoms with E-state index in [-0.39, 0.29) is 11.9 Å². The molecule has 3 nitrogen and oxygen atoms in total. The molecule has 0 aliphatic carbocycles. The fourth-order valence-electron chi connectivity index (χ4n) is 3.57. The average molecular weight is 461 g/mol. The van der Waals surface area contributed by atoms with Gasteiger partial charge in [0, 0.05) is 18.1 Å². The summed E-state index contributed by atoms with van der Waals surface area (Å²) in [7, 11) is 1.58. The van der Waals surface area contributed by atoms with Gasteiger partial charge in [0.1, 0.15) is 6.04 Å². The van der Waals surface area contributed by atoms with Gasteiger partial charge in [0.05, 0.1) is 5.56 Å². The monoisotopic (exact) mass is 460 g/mol. The van der Waals surface area contributed by atoms with Gasteiger partial charge in [-0.1, -0.05) is 72.3 Å². The van der Waals surface area contributed by atoms with E-state index in [0.29, 0.717) is 17.9 Å². The van der Waals surface area contributed by atoms with Crippen molar-refractivity contribution in [3.8, 4) is 0 Å². The molecule has 0 heterocycles. The van der Waals surface area contributed by atoms with E-state index in [1.54, 1.807) is 13.1 Å². The van der Waals surface area contributed by atoms with Gasteiger partial charge in [0.2, 0.25) is 5.91 Å². The summed E-state index contributed by atoms with van der Waals surface area (Å²) < 4.78 is 38.6. The highest BCUT2D eigenvalue weighted by molar-refractivity contribution is 6.31. The van der Waals surface area contributed by atoms with Crippen molar-refractivity contribution in [2.45, 2.75) is 31.1 Å². The van der Waals surface area contributed by atoms with E-state index < -0.39 is 17.8 Å². The molecule has 168 valence electrons. The van der Waals surface area contributed by atoms with Crippen LogP contribution in [0.25, 0.3) is 0 Å². The fraction of sp³-hybridized carbons (Fsp3) is 0.240. The molecule has 0 unspecified atom stereocenters. The molecule has 2 atom stereocenters. The highest BCUT2D eigenvalue weighted by Gasteiger charge is 2.30. The Bertz CT molecular complexity index is 1020. The van der Waals surface area contributed by atoms with Gasteiger partial charge in [-0.15, -0.1) is 0 Å². The van der Waals surface area contributed by atoms with Crippen molar-refractivity contribution >= 4 is 17.5 Å². The molecule has 0 radical (unpaired) electrons. The van der Waals surface area contributed by atoms with Crippen LogP contribution in [-0.4, -0.2) is 13.0 Å². The number of hydrogen-bond acceptors (Lipinski definition) is 2. The number of rotatable bonds is 8. The molecular formula is C25H24ClF3N2O. The second-order valence-corrected chi connectivity index (χ2v) is 7.84. The van der Waals surface area contributed by atoms with E-state index in [2.05, 4.69) is 10.6 Å². The van der Waals surface area contributed by atoms with Crippen LogP contribution in [0, 0.1) is 0 Å². The number of alkyl halides is 3. The van der Waals surface area contributed by atoms with Gasteiger partial charge < -0.3 is 5.32 Å². The van der Waals surface area contributed by atoms with Crippen LogP contribution in [0.2, 0.25) is 5.02 Å². The Kier molecular flexibility index (Phi) is 7.94. The van der Waals surface area contributed by atoms with Crippen LogP contribution >= 0.6 is 11.6 Å². The van der Waals surface area contributed by atoms with Crippen LogP contribution in [-0.2, 0) is 17.4 Å². The predicted molar refractivity (Wildman–Crippen MR) is 120 cm³/mol. The number of carbonyl (C=O) groups is 1. The van der Waals surface area contributed by atoms with Crippen LogP contribution in [0.3, 0.4) is 0 Å². The van der Waals surface area contributed by atoms with Crippen molar-refractivity contribution in [3.05, 3.63) is 106 Å². The van der Waals surface area contributed by atoms with E-state index in [9.17, 15) is 18.0 Å². The first kappa shape index (κ1) is 23.8. The molecule has 0 spiro atoms. The third-order valence-electron chi connectivity index (χ3n) is 5.29. The average Bonchev–Trinajstić information content (AvgIpc) is 2.79. The summed E-state index contributed by atoms with van der Waals surface area (Å²) in [6.07, 6.45) is -3.32. The Morgan fingerprint density at radius 3 is 2.16 bits per heavy atom. The number of hydrogen-bond donors (Lipinski definition) is 2. The highest BCUT2D eigenvalue weighted by atomic mass is 35.5. The quantitative estimate of drug-likeness (QED) is 0.426. The Balaban J connectivity index is 1.85. The van der Waals surface area contributed by atoms with E-state index in [0.717, 1.165) is 28.8 Å². The standard InChI is InChI=1S/C25H24ClF3N2O/c1-30-24(32)23(18-7-3-2-4-8-18)31-22(20-9-5-6-10-21(20)26)16-13-17-11-14-19(15-12-17)25(27,28)29/h2-12,14-15,22-23,31H,13,16H2,1H3,(H,30,32)/t22-,23-/m1/s1. The molecule has 32 heavy (non-hydrogen) atoms. The first-order valence-corrected chi connectivity index (χ1v) is 10.6. The smallest absolute Gasteiger partial charge is 0.358 e. The number of carbonyl (C=O) groups excluding carboxylic acids is 1. The predicted octanol–water partition coefficient (Wildman–Crippen LogP) is 6.11. The summed E-state index contributed by atoms with van der Waals surface area (Å²) in [4.78, 5) is 12.7. The van der Waals surface area contributed by atoms with E-state index in [1.807, 2.05) is 48.5 Å². The third kappa shape index (κ3) is 6.11. The normalized spacial score (nSPS) is 13.4. The van der Waals surface area contributed by atoms with Gasteiger partial charge in [0.15, 0.2) is 0 Å². The SMILES string of the molecule is CNC(=O)[C@H](N[C@H](CCc1ccc(C(F)(F)F)cc1)c1ccccc1Cl)c1ccccc1. The molecule has 0 aromatic heterocycles. The molecule has 2 N–H and O–H groups in total. The van der Waals surface area contributed by atoms with Crippen molar-refractivity contribution in [1.29, 1.82) is 0 Å². The first-order valence-electron chi connectivity index (χ1n) is 10.2. The molecule has 3 aromatic carbocycles. The van der Waals surface area contributed by atoms with Gasteiger partial charge in [0.25, 0.3) is 0 Å². The highest BCUT2D eigenvalue weighted by Crippen LogP contribution is 2.31. The van der Waals surface area contributed by atoms with Crippen molar-refractivity contribution in [1.82, 2.24) is 10.6 Å². The number of aryl methyl sites for hydroxylation is 1. The summed E-state index contributed by atoms with van der Waals surface area (Å²) in [5.41, 5.74) is 1.73. The Hall–Kier alpha value is -2.83. The molecule has 0 aliphatic heterocycles. The lowest BCUT2D eigenvalue weighted by Crippen LogP contribution is -2.38. The summed E-state index contributed by atoms with van der Waals surface area (Å²) >= 11 is 6.45. The zero-order chi connectivity index (χ0) is 23.1. The second kappa shape index (κ2) is 10.7. The van der Waals surface area contributed by atoms with Gasteiger partial charge in [-0.2, -0.15) is 13.2 Å². The molecule has 3 aromatic rings. The van der Waals surface area contributed by atoms with Crippen molar-refractivity contribution in [3.63, 3.8) is 0 Å². The maximum atomic E-state index is 12.9. The van der Waals surface area contributed by atoms with Crippen LogP contribution in [0.5, 0.6) is 0 Å². The number of likely N-dealkylation sites (N-methyl/N-ethyl adjacent to an activating group) is 1. The van der Waals surface area contributed by atoms with Crippen molar-refractivity contribution in [2.24, 2.45) is 0 Å². The topological polar surface area (TPSA) is 41.1 Å². The minimum atomic E-state index is -4.36. The Labute approximate surface area is 190 Å².